The number of nitrogens with one attached hydrogen (secondary N) is 1. The Morgan fingerprint density at radius 1 is 1.19 bits per heavy atom. The normalized spacial score (nSPS) is 25.7. The van der Waals surface area contributed by atoms with Crippen LogP contribution in [0, 0.1) is 5.92 Å². The Balaban J connectivity index is 2.03. The minimum atomic E-state index is -0.378. The molecule has 1 fully saturated rings. The molecule has 0 amide bonds. The Hall–Kier alpha value is -0.120. The fourth-order valence-corrected chi connectivity index (χ4v) is 3.14. The van der Waals surface area contributed by atoms with Gasteiger partial charge in [0.25, 0.3) is 0 Å². The number of aliphatic hydroxyl groups excluding tert-OH is 1. The zero-order chi connectivity index (χ0) is 15.5. The van der Waals surface area contributed by atoms with Crippen molar-refractivity contribution in [1.82, 2.24) is 5.32 Å². The summed E-state index contributed by atoms with van der Waals surface area (Å²) in [5.74, 6) is 0.649. The van der Waals surface area contributed by atoms with Gasteiger partial charge in [-0.2, -0.15) is 0 Å². The average molecular weight is 299 g/mol. The summed E-state index contributed by atoms with van der Waals surface area (Å²) in [4.78, 5) is 0. The van der Waals surface area contributed by atoms with Gasteiger partial charge in [-0.3, -0.25) is 0 Å². The molecule has 1 rings (SSSR count). The van der Waals surface area contributed by atoms with Crippen LogP contribution in [0.15, 0.2) is 0 Å². The van der Waals surface area contributed by atoms with Crippen molar-refractivity contribution in [2.75, 3.05) is 13.2 Å². The van der Waals surface area contributed by atoms with Crippen molar-refractivity contribution in [1.29, 1.82) is 0 Å². The van der Waals surface area contributed by atoms with Gasteiger partial charge in [0.1, 0.15) is 0 Å². The smallest absolute Gasteiger partial charge is 0.0897 e. The van der Waals surface area contributed by atoms with Crippen molar-refractivity contribution >= 4 is 0 Å². The SMILES string of the molecule is CCCCCCC(C)NCC(O)COC1CCCCC1C. The maximum atomic E-state index is 10.0. The van der Waals surface area contributed by atoms with Gasteiger partial charge in [0.05, 0.1) is 18.8 Å². The molecule has 2 N–H and O–H groups in total. The highest BCUT2D eigenvalue weighted by Crippen LogP contribution is 2.26. The number of rotatable bonds is 11. The Morgan fingerprint density at radius 3 is 2.67 bits per heavy atom. The standard InChI is InChI=1S/C18H37NO2/c1-4-5-6-7-11-16(3)19-13-17(20)14-21-18-12-9-8-10-15(18)2/h15-20H,4-14H2,1-3H3. The van der Waals surface area contributed by atoms with Gasteiger partial charge in [0, 0.05) is 12.6 Å². The molecule has 0 radical (unpaired) electrons. The lowest BCUT2D eigenvalue weighted by Crippen LogP contribution is -2.37. The van der Waals surface area contributed by atoms with E-state index in [1.165, 1.54) is 51.4 Å². The summed E-state index contributed by atoms with van der Waals surface area (Å²) in [6, 6.07) is 0.491. The van der Waals surface area contributed by atoms with E-state index in [4.69, 9.17) is 4.74 Å². The second-order valence-corrected chi connectivity index (χ2v) is 6.95. The van der Waals surface area contributed by atoms with Crippen LogP contribution in [0.25, 0.3) is 0 Å². The van der Waals surface area contributed by atoms with E-state index in [1.807, 2.05) is 0 Å². The summed E-state index contributed by atoms with van der Waals surface area (Å²) >= 11 is 0. The van der Waals surface area contributed by atoms with Gasteiger partial charge in [0.2, 0.25) is 0 Å². The molecule has 0 aromatic rings. The molecule has 1 aliphatic carbocycles. The first kappa shape index (κ1) is 18.9. The monoisotopic (exact) mass is 299 g/mol. The molecule has 3 nitrogen and oxygen atoms in total. The third-order valence-electron chi connectivity index (χ3n) is 4.73. The van der Waals surface area contributed by atoms with Crippen LogP contribution in [0.4, 0.5) is 0 Å². The van der Waals surface area contributed by atoms with Crippen LogP contribution >= 0.6 is 0 Å². The van der Waals surface area contributed by atoms with Crippen LogP contribution in [0.1, 0.15) is 78.6 Å². The van der Waals surface area contributed by atoms with Gasteiger partial charge in [-0.05, 0) is 32.1 Å². The Kier molecular flexibility index (Phi) is 10.3. The molecule has 21 heavy (non-hydrogen) atoms. The van der Waals surface area contributed by atoms with Crippen molar-refractivity contribution in [3.8, 4) is 0 Å². The fraction of sp³-hybridized carbons (Fsp3) is 1.00. The van der Waals surface area contributed by atoms with Crippen LogP contribution in [0.2, 0.25) is 0 Å². The molecule has 126 valence electrons. The molecule has 4 unspecified atom stereocenters. The fourth-order valence-electron chi connectivity index (χ4n) is 3.14. The number of hydrogen-bond acceptors (Lipinski definition) is 3. The zero-order valence-electron chi connectivity index (χ0n) is 14.4. The molecule has 0 spiro atoms. The van der Waals surface area contributed by atoms with Crippen LogP contribution < -0.4 is 5.32 Å². The first-order valence-corrected chi connectivity index (χ1v) is 9.16. The van der Waals surface area contributed by atoms with Gasteiger partial charge in [-0.1, -0.05) is 52.4 Å². The third kappa shape index (κ3) is 8.80. The number of ether oxygens (including phenoxy) is 1. The van der Waals surface area contributed by atoms with Gasteiger partial charge in [0.15, 0.2) is 0 Å². The van der Waals surface area contributed by atoms with E-state index in [0.29, 0.717) is 31.2 Å². The molecule has 0 aromatic carbocycles. The van der Waals surface area contributed by atoms with Crippen LogP contribution in [0.3, 0.4) is 0 Å². The largest absolute Gasteiger partial charge is 0.389 e. The minimum absolute atomic E-state index is 0.361. The lowest BCUT2D eigenvalue weighted by atomic mass is 9.88. The maximum Gasteiger partial charge on any atom is 0.0897 e. The minimum Gasteiger partial charge on any atom is -0.389 e. The Morgan fingerprint density at radius 2 is 1.95 bits per heavy atom. The molecule has 0 bridgehead atoms. The maximum absolute atomic E-state index is 10.0. The second kappa shape index (κ2) is 11.4. The molecule has 1 aliphatic rings. The second-order valence-electron chi connectivity index (χ2n) is 6.95. The van der Waals surface area contributed by atoms with Gasteiger partial charge >= 0.3 is 0 Å². The zero-order valence-corrected chi connectivity index (χ0v) is 14.4. The lowest BCUT2D eigenvalue weighted by Gasteiger charge is -2.29. The quantitative estimate of drug-likeness (QED) is 0.569. The van der Waals surface area contributed by atoms with Gasteiger partial charge in [-0.15, -0.1) is 0 Å². The summed E-state index contributed by atoms with van der Waals surface area (Å²) in [5.41, 5.74) is 0. The van der Waals surface area contributed by atoms with Crippen molar-refractivity contribution in [2.24, 2.45) is 5.92 Å². The first-order chi connectivity index (χ1) is 10.1. The summed E-state index contributed by atoms with van der Waals surface area (Å²) < 4.78 is 5.91. The molecule has 3 heteroatoms. The molecule has 4 atom stereocenters. The molecule has 1 saturated carbocycles. The van der Waals surface area contributed by atoms with Gasteiger partial charge in [-0.25, -0.2) is 0 Å². The van der Waals surface area contributed by atoms with E-state index >= 15 is 0 Å². The molecular formula is C18H37NO2. The summed E-state index contributed by atoms with van der Waals surface area (Å²) in [5, 5.41) is 13.5. The predicted octanol–water partition coefficient (Wildman–Crippen LogP) is 3.89. The summed E-state index contributed by atoms with van der Waals surface area (Å²) in [6.07, 6.45) is 11.5. The first-order valence-electron chi connectivity index (χ1n) is 9.16. The van der Waals surface area contributed by atoms with Crippen LogP contribution in [-0.4, -0.2) is 36.5 Å². The van der Waals surface area contributed by atoms with Crippen molar-refractivity contribution in [2.45, 2.75) is 96.8 Å². The lowest BCUT2D eigenvalue weighted by molar-refractivity contribution is -0.0455. The van der Waals surface area contributed by atoms with Crippen molar-refractivity contribution in [3.05, 3.63) is 0 Å². The van der Waals surface area contributed by atoms with E-state index in [0.717, 1.165) is 6.42 Å². The van der Waals surface area contributed by atoms with Gasteiger partial charge < -0.3 is 15.2 Å². The number of aliphatic hydroxyl groups is 1. The topological polar surface area (TPSA) is 41.5 Å². The highest BCUT2D eigenvalue weighted by atomic mass is 16.5. The average Bonchev–Trinajstić information content (AvgIpc) is 2.48. The summed E-state index contributed by atoms with van der Waals surface area (Å²) in [7, 11) is 0. The van der Waals surface area contributed by atoms with E-state index in [-0.39, 0.29) is 6.10 Å². The van der Waals surface area contributed by atoms with Crippen molar-refractivity contribution in [3.63, 3.8) is 0 Å². The van der Waals surface area contributed by atoms with E-state index in [1.54, 1.807) is 0 Å². The number of hydrogen-bond donors (Lipinski definition) is 2. The highest BCUT2D eigenvalue weighted by Gasteiger charge is 2.22. The van der Waals surface area contributed by atoms with Crippen LogP contribution in [0.5, 0.6) is 0 Å². The van der Waals surface area contributed by atoms with E-state index < -0.39 is 0 Å². The Labute approximate surface area is 131 Å². The van der Waals surface area contributed by atoms with Crippen LogP contribution in [-0.2, 0) is 4.74 Å². The summed E-state index contributed by atoms with van der Waals surface area (Å²) in [6.45, 7) is 7.85. The van der Waals surface area contributed by atoms with E-state index in [9.17, 15) is 5.11 Å². The number of unbranched alkanes of at least 4 members (excludes halogenated alkanes) is 3. The van der Waals surface area contributed by atoms with Crippen molar-refractivity contribution < 1.29 is 9.84 Å². The highest BCUT2D eigenvalue weighted by molar-refractivity contribution is 4.73. The molecule has 0 aromatic heterocycles. The third-order valence-corrected chi connectivity index (χ3v) is 4.73. The molecule has 0 saturated heterocycles. The Bertz CT molecular complexity index is 247. The molecule has 0 aliphatic heterocycles. The van der Waals surface area contributed by atoms with E-state index in [2.05, 4.69) is 26.1 Å². The molecule has 0 heterocycles. The molecular weight excluding hydrogens is 262 g/mol. The predicted molar refractivity (Wildman–Crippen MR) is 89.6 cm³/mol.